The topological polar surface area (TPSA) is 61.4 Å². The van der Waals surface area contributed by atoms with E-state index in [1.807, 2.05) is 28.8 Å². The number of carbonyl (C=O) groups is 2. The maximum absolute atomic E-state index is 12.7. The van der Waals surface area contributed by atoms with Crippen LogP contribution in [0.25, 0.3) is 0 Å². The highest BCUT2D eigenvalue weighted by Crippen LogP contribution is 2.34. The van der Waals surface area contributed by atoms with Crippen molar-refractivity contribution in [1.29, 1.82) is 0 Å². The van der Waals surface area contributed by atoms with Gasteiger partial charge in [-0.1, -0.05) is 24.6 Å². The summed E-state index contributed by atoms with van der Waals surface area (Å²) in [6.45, 7) is 2.13. The third-order valence-corrected chi connectivity index (χ3v) is 7.05. The van der Waals surface area contributed by atoms with Crippen molar-refractivity contribution in [2.75, 3.05) is 10.7 Å². The molecular weight excluding hydrogens is 334 g/mol. The van der Waals surface area contributed by atoms with E-state index in [1.165, 1.54) is 5.56 Å². The molecule has 25 heavy (non-hydrogen) atoms. The van der Waals surface area contributed by atoms with Crippen molar-refractivity contribution < 1.29 is 9.59 Å². The van der Waals surface area contributed by atoms with Crippen LogP contribution in [-0.2, 0) is 11.2 Å². The molecule has 0 saturated carbocycles. The average molecular weight is 359 g/mol. The van der Waals surface area contributed by atoms with E-state index in [2.05, 4.69) is 29.7 Å². The Morgan fingerprint density at radius 3 is 3.00 bits per heavy atom. The summed E-state index contributed by atoms with van der Waals surface area (Å²) >= 11 is 1.94. The van der Waals surface area contributed by atoms with Crippen LogP contribution in [-0.4, -0.2) is 41.1 Å². The predicted octanol–water partition coefficient (Wildman–Crippen LogP) is 2.69. The minimum absolute atomic E-state index is 0.0304. The van der Waals surface area contributed by atoms with Gasteiger partial charge in [-0.2, -0.15) is 11.8 Å². The van der Waals surface area contributed by atoms with Crippen molar-refractivity contribution in [3.63, 3.8) is 0 Å². The van der Waals surface area contributed by atoms with Gasteiger partial charge in [-0.25, -0.2) is 4.79 Å². The molecule has 2 fully saturated rings. The largest absolute Gasteiger partial charge is 0.332 e. The second-order valence-corrected chi connectivity index (χ2v) is 8.59. The van der Waals surface area contributed by atoms with Gasteiger partial charge in [0.05, 0.1) is 12.1 Å². The van der Waals surface area contributed by atoms with E-state index >= 15 is 0 Å². The van der Waals surface area contributed by atoms with Gasteiger partial charge in [-0.15, -0.1) is 0 Å². The minimum atomic E-state index is -0.0304. The number of amides is 3. The summed E-state index contributed by atoms with van der Waals surface area (Å²) in [7, 11) is 0. The summed E-state index contributed by atoms with van der Waals surface area (Å²) in [5.74, 6) is 1.24. The standard InChI is InChI=1S/C19H25N3O2S/c1-12-10-13-6-2-3-7-15(13)22(12)17(23)9-5-4-8-16-18-14(11-25-16)20-19(24)21-18/h2-3,6-7,12,14,16,18H,4-5,8-11H2,1H3,(H2,20,21,24)/t12-,14+,16+,18+/m1/s1. The number of thioether (sulfide) groups is 1. The first-order valence-corrected chi connectivity index (χ1v) is 10.3. The molecule has 2 N–H and O–H groups in total. The molecule has 3 aliphatic rings. The molecule has 0 aliphatic carbocycles. The van der Waals surface area contributed by atoms with Crippen LogP contribution in [0.4, 0.5) is 10.5 Å². The number of nitrogens with zero attached hydrogens (tertiary/aromatic N) is 1. The third kappa shape index (κ3) is 3.24. The number of unbranched alkanes of at least 4 members (excludes halogenated alkanes) is 1. The molecule has 3 heterocycles. The zero-order valence-electron chi connectivity index (χ0n) is 14.5. The highest BCUT2D eigenvalue weighted by Gasteiger charge is 2.42. The Morgan fingerprint density at radius 1 is 1.28 bits per heavy atom. The maximum Gasteiger partial charge on any atom is 0.315 e. The van der Waals surface area contributed by atoms with Crippen molar-refractivity contribution in [3.8, 4) is 0 Å². The molecule has 4 atom stereocenters. The Balaban J connectivity index is 1.25. The number of para-hydroxylation sites is 1. The summed E-state index contributed by atoms with van der Waals surface area (Å²) in [4.78, 5) is 26.1. The first kappa shape index (κ1) is 16.8. The van der Waals surface area contributed by atoms with Crippen LogP contribution >= 0.6 is 11.8 Å². The highest BCUT2D eigenvalue weighted by atomic mass is 32.2. The van der Waals surface area contributed by atoms with Gasteiger partial charge in [0, 0.05) is 29.2 Å². The van der Waals surface area contributed by atoms with E-state index < -0.39 is 0 Å². The second-order valence-electron chi connectivity index (χ2n) is 7.31. The Labute approximate surface area is 152 Å². The van der Waals surface area contributed by atoms with Crippen LogP contribution in [0.5, 0.6) is 0 Å². The molecule has 2 saturated heterocycles. The van der Waals surface area contributed by atoms with Crippen molar-refractivity contribution in [2.24, 2.45) is 0 Å². The Hall–Kier alpha value is -1.69. The maximum atomic E-state index is 12.7. The molecule has 1 aromatic carbocycles. The molecule has 0 radical (unpaired) electrons. The molecule has 0 spiro atoms. The number of rotatable bonds is 5. The summed E-state index contributed by atoms with van der Waals surface area (Å²) in [5.41, 5.74) is 2.37. The zero-order chi connectivity index (χ0) is 17.4. The van der Waals surface area contributed by atoms with Crippen molar-refractivity contribution in [2.45, 2.75) is 62.4 Å². The van der Waals surface area contributed by atoms with E-state index in [9.17, 15) is 9.59 Å². The van der Waals surface area contributed by atoms with E-state index in [0.717, 1.165) is 37.1 Å². The lowest BCUT2D eigenvalue weighted by molar-refractivity contribution is -0.119. The fraction of sp³-hybridized carbons (Fsp3) is 0.579. The number of hydrogen-bond acceptors (Lipinski definition) is 3. The molecular formula is C19H25N3O2S. The quantitative estimate of drug-likeness (QED) is 0.628. The Morgan fingerprint density at radius 2 is 2.12 bits per heavy atom. The molecule has 4 rings (SSSR count). The molecule has 3 aliphatic heterocycles. The van der Waals surface area contributed by atoms with Crippen LogP contribution in [0.2, 0.25) is 0 Å². The Kier molecular flexibility index (Phi) is 4.63. The lowest BCUT2D eigenvalue weighted by Gasteiger charge is -2.23. The SMILES string of the molecule is C[C@@H]1Cc2ccccc2N1C(=O)CCCC[C@@H]1SC[C@@H]2NC(=O)N[C@@H]21. The number of nitrogens with one attached hydrogen (secondary N) is 2. The molecule has 0 unspecified atom stereocenters. The first-order chi connectivity index (χ1) is 12.1. The summed E-state index contributed by atoms with van der Waals surface area (Å²) in [6, 6.07) is 9.01. The number of hydrogen-bond donors (Lipinski definition) is 2. The van der Waals surface area contributed by atoms with Gasteiger partial charge in [-0.3, -0.25) is 4.79 Å². The number of anilines is 1. The van der Waals surface area contributed by atoms with Gasteiger partial charge < -0.3 is 15.5 Å². The van der Waals surface area contributed by atoms with E-state index in [1.54, 1.807) is 0 Å². The van der Waals surface area contributed by atoms with Gasteiger partial charge in [0.2, 0.25) is 5.91 Å². The van der Waals surface area contributed by atoms with E-state index in [-0.39, 0.29) is 30.1 Å². The lowest BCUT2D eigenvalue weighted by atomic mass is 10.0. The van der Waals surface area contributed by atoms with Gasteiger partial charge >= 0.3 is 6.03 Å². The lowest BCUT2D eigenvalue weighted by Crippen LogP contribution is -2.37. The molecule has 6 heteroatoms. The van der Waals surface area contributed by atoms with Crippen LogP contribution in [0.1, 0.15) is 38.2 Å². The van der Waals surface area contributed by atoms with Gasteiger partial charge in [-0.05, 0) is 37.8 Å². The fourth-order valence-corrected chi connectivity index (χ4v) is 5.87. The van der Waals surface area contributed by atoms with Crippen LogP contribution in [0, 0.1) is 0 Å². The normalized spacial score (nSPS) is 30.0. The summed E-state index contributed by atoms with van der Waals surface area (Å²) < 4.78 is 0. The van der Waals surface area contributed by atoms with Gasteiger partial charge in [0.15, 0.2) is 0 Å². The van der Waals surface area contributed by atoms with Gasteiger partial charge in [0.25, 0.3) is 0 Å². The minimum Gasteiger partial charge on any atom is -0.332 e. The van der Waals surface area contributed by atoms with Crippen molar-refractivity contribution >= 4 is 29.4 Å². The van der Waals surface area contributed by atoms with Crippen molar-refractivity contribution in [1.82, 2.24) is 10.6 Å². The molecule has 0 bridgehead atoms. The van der Waals surface area contributed by atoms with Crippen LogP contribution < -0.4 is 15.5 Å². The van der Waals surface area contributed by atoms with Crippen LogP contribution in [0.3, 0.4) is 0 Å². The molecule has 3 amide bonds. The molecule has 5 nitrogen and oxygen atoms in total. The Bertz CT molecular complexity index is 680. The third-order valence-electron chi connectivity index (χ3n) is 5.54. The van der Waals surface area contributed by atoms with E-state index in [0.29, 0.717) is 11.7 Å². The highest BCUT2D eigenvalue weighted by molar-refractivity contribution is 8.00. The van der Waals surface area contributed by atoms with Crippen LogP contribution in [0.15, 0.2) is 24.3 Å². The first-order valence-electron chi connectivity index (χ1n) is 9.22. The number of benzene rings is 1. The second kappa shape index (κ2) is 6.90. The van der Waals surface area contributed by atoms with E-state index in [4.69, 9.17) is 0 Å². The predicted molar refractivity (Wildman–Crippen MR) is 101 cm³/mol. The summed E-state index contributed by atoms with van der Waals surface area (Å²) in [5, 5.41) is 6.48. The fourth-order valence-electron chi connectivity index (χ4n) is 4.33. The number of carbonyl (C=O) groups excluding carboxylic acids is 2. The smallest absolute Gasteiger partial charge is 0.315 e. The monoisotopic (exact) mass is 359 g/mol. The zero-order valence-corrected chi connectivity index (χ0v) is 15.3. The number of fused-ring (bicyclic) bond motifs is 2. The molecule has 134 valence electrons. The molecule has 0 aromatic heterocycles. The summed E-state index contributed by atoms with van der Waals surface area (Å²) in [6.07, 6.45) is 4.57. The molecule has 1 aromatic rings. The number of urea groups is 1. The van der Waals surface area contributed by atoms with Crippen molar-refractivity contribution in [3.05, 3.63) is 29.8 Å². The average Bonchev–Trinajstić information content (AvgIpc) is 3.23. The van der Waals surface area contributed by atoms with Gasteiger partial charge in [0.1, 0.15) is 0 Å².